The lowest BCUT2D eigenvalue weighted by molar-refractivity contribution is -0.683. The second-order valence-corrected chi connectivity index (χ2v) is 3.87. The van der Waals surface area contributed by atoms with Gasteiger partial charge in [-0.3, -0.25) is 4.79 Å². The van der Waals surface area contributed by atoms with Crippen molar-refractivity contribution in [3.63, 3.8) is 0 Å². The van der Waals surface area contributed by atoms with Gasteiger partial charge >= 0.3 is 0 Å². The molecule has 0 amide bonds. The number of carbonyl (C=O) groups is 1. The molecule has 0 aliphatic heterocycles. The minimum atomic E-state index is -0.360. The van der Waals surface area contributed by atoms with Crippen LogP contribution in [0, 0.1) is 5.82 Å². The third-order valence-electron chi connectivity index (χ3n) is 2.22. The number of rotatable bonds is 3. The van der Waals surface area contributed by atoms with E-state index in [0.29, 0.717) is 10.7 Å². The van der Waals surface area contributed by atoms with Gasteiger partial charge in [-0.05, 0) is 24.3 Å². The van der Waals surface area contributed by atoms with E-state index in [4.69, 9.17) is 11.6 Å². The molecular formula is C12H9BrClFN2O. The Labute approximate surface area is 119 Å². The predicted octanol–water partition coefficient (Wildman–Crippen LogP) is -0.952. The fourth-order valence-corrected chi connectivity index (χ4v) is 1.58. The summed E-state index contributed by atoms with van der Waals surface area (Å²) in [4.78, 5) is 15.6. The van der Waals surface area contributed by atoms with Crippen LogP contribution in [-0.4, -0.2) is 10.8 Å². The Morgan fingerprint density at radius 3 is 2.61 bits per heavy atom. The molecule has 18 heavy (non-hydrogen) atoms. The van der Waals surface area contributed by atoms with Crippen molar-refractivity contribution >= 4 is 17.4 Å². The summed E-state index contributed by atoms with van der Waals surface area (Å²) in [7, 11) is 0. The van der Waals surface area contributed by atoms with Gasteiger partial charge in [0.15, 0.2) is 11.3 Å². The van der Waals surface area contributed by atoms with Crippen molar-refractivity contribution in [3.05, 3.63) is 59.4 Å². The summed E-state index contributed by atoms with van der Waals surface area (Å²) in [6.07, 6.45) is 4.72. The molecule has 0 saturated heterocycles. The zero-order valence-corrected chi connectivity index (χ0v) is 11.5. The van der Waals surface area contributed by atoms with Crippen LogP contribution < -0.4 is 21.5 Å². The molecule has 0 unspecified atom stereocenters. The fraction of sp³-hybridized carbons (Fsp3) is 0.0833. The molecule has 1 aromatic carbocycles. The molecule has 0 atom stereocenters. The molecule has 0 spiro atoms. The lowest BCUT2D eigenvalue weighted by atomic mass is 10.1. The van der Waals surface area contributed by atoms with Crippen LogP contribution in [0.25, 0.3) is 0 Å². The number of ketones is 1. The van der Waals surface area contributed by atoms with E-state index in [2.05, 4.69) is 4.98 Å². The first-order valence-electron chi connectivity index (χ1n) is 4.94. The van der Waals surface area contributed by atoms with Crippen LogP contribution in [0.5, 0.6) is 0 Å². The molecule has 6 heteroatoms. The second-order valence-electron chi connectivity index (χ2n) is 3.48. The summed E-state index contributed by atoms with van der Waals surface area (Å²) in [5, 5.41) is 0.319. The quantitative estimate of drug-likeness (QED) is 0.537. The van der Waals surface area contributed by atoms with Gasteiger partial charge in [0.2, 0.25) is 18.5 Å². The zero-order valence-electron chi connectivity index (χ0n) is 9.19. The first kappa shape index (κ1) is 14.7. The lowest BCUT2D eigenvalue weighted by Gasteiger charge is -1.98. The van der Waals surface area contributed by atoms with Crippen molar-refractivity contribution in [1.29, 1.82) is 0 Å². The Morgan fingerprint density at radius 1 is 1.33 bits per heavy atom. The Hall–Kier alpha value is -1.33. The number of Topliss-reactive ketones (excluding diaryl/α,β-unsaturated/α-hetero) is 1. The van der Waals surface area contributed by atoms with E-state index >= 15 is 0 Å². The van der Waals surface area contributed by atoms with Crippen LogP contribution in [0.3, 0.4) is 0 Å². The molecule has 3 nitrogen and oxygen atoms in total. The fourth-order valence-electron chi connectivity index (χ4n) is 1.39. The second kappa shape index (κ2) is 6.56. The molecular weight excluding hydrogens is 322 g/mol. The molecule has 0 aliphatic carbocycles. The van der Waals surface area contributed by atoms with Crippen LogP contribution >= 0.6 is 11.6 Å². The largest absolute Gasteiger partial charge is 1.00 e. The third kappa shape index (κ3) is 3.85. The highest BCUT2D eigenvalue weighted by molar-refractivity contribution is 6.29. The van der Waals surface area contributed by atoms with Gasteiger partial charge in [0.1, 0.15) is 5.82 Å². The first-order chi connectivity index (χ1) is 8.15. The molecule has 1 aromatic heterocycles. The summed E-state index contributed by atoms with van der Waals surface area (Å²) in [5.41, 5.74) is 0.465. The van der Waals surface area contributed by atoms with Crippen LogP contribution in [0.1, 0.15) is 10.4 Å². The highest BCUT2D eigenvalue weighted by Crippen LogP contribution is 2.04. The van der Waals surface area contributed by atoms with Gasteiger partial charge in [0, 0.05) is 5.56 Å². The standard InChI is InChI=1S/C12H9ClFN2O.BrH/c13-12-8-16(6-5-15-12)7-11(17)9-1-3-10(14)4-2-9;/h1-6,8H,7H2;1H/q+1;/p-1. The Morgan fingerprint density at radius 2 is 2.00 bits per heavy atom. The van der Waals surface area contributed by atoms with Crippen molar-refractivity contribution in [2.24, 2.45) is 0 Å². The Balaban J connectivity index is 0.00000162. The van der Waals surface area contributed by atoms with Gasteiger partial charge in [-0.2, -0.15) is 4.57 Å². The van der Waals surface area contributed by atoms with E-state index in [1.807, 2.05) is 0 Å². The van der Waals surface area contributed by atoms with E-state index in [-0.39, 0.29) is 35.1 Å². The van der Waals surface area contributed by atoms with Gasteiger partial charge in [-0.25, -0.2) is 9.37 Å². The summed E-state index contributed by atoms with van der Waals surface area (Å²) >= 11 is 5.70. The van der Waals surface area contributed by atoms with E-state index < -0.39 is 0 Å². The highest BCUT2D eigenvalue weighted by Gasteiger charge is 2.12. The van der Waals surface area contributed by atoms with Crippen molar-refractivity contribution in [3.8, 4) is 0 Å². The average molecular weight is 332 g/mol. The van der Waals surface area contributed by atoms with Crippen LogP contribution in [-0.2, 0) is 6.54 Å². The molecule has 1 heterocycles. The van der Waals surface area contributed by atoms with Crippen LogP contribution in [0.15, 0.2) is 42.9 Å². The van der Waals surface area contributed by atoms with Crippen LogP contribution in [0.2, 0.25) is 5.15 Å². The number of aromatic nitrogens is 2. The van der Waals surface area contributed by atoms with Gasteiger partial charge < -0.3 is 17.0 Å². The smallest absolute Gasteiger partial charge is 0.227 e. The van der Waals surface area contributed by atoms with Crippen molar-refractivity contribution < 1.29 is 30.7 Å². The minimum Gasteiger partial charge on any atom is -1.00 e. The van der Waals surface area contributed by atoms with Gasteiger partial charge in [-0.15, -0.1) is 0 Å². The molecule has 0 bridgehead atoms. The summed E-state index contributed by atoms with van der Waals surface area (Å²) in [6.45, 7) is 0.147. The molecule has 0 radical (unpaired) electrons. The first-order valence-corrected chi connectivity index (χ1v) is 5.32. The molecule has 0 N–H and O–H groups in total. The number of benzene rings is 1. The van der Waals surface area contributed by atoms with E-state index in [0.717, 1.165) is 0 Å². The van der Waals surface area contributed by atoms with E-state index in [9.17, 15) is 9.18 Å². The minimum absolute atomic E-state index is 0. The number of hydrogen-bond donors (Lipinski definition) is 0. The molecule has 2 rings (SSSR count). The normalized spacial score (nSPS) is 9.67. The summed E-state index contributed by atoms with van der Waals surface area (Å²) in [5.74, 6) is -0.474. The zero-order chi connectivity index (χ0) is 12.3. The van der Waals surface area contributed by atoms with Gasteiger partial charge in [-0.1, -0.05) is 11.6 Å². The highest BCUT2D eigenvalue weighted by atomic mass is 79.9. The number of halogens is 3. The molecule has 0 aliphatic rings. The van der Waals surface area contributed by atoms with Crippen molar-refractivity contribution in [2.45, 2.75) is 6.54 Å². The van der Waals surface area contributed by atoms with E-state index in [1.54, 1.807) is 17.0 Å². The van der Waals surface area contributed by atoms with Crippen molar-refractivity contribution in [2.75, 3.05) is 0 Å². The van der Waals surface area contributed by atoms with E-state index in [1.165, 1.54) is 30.5 Å². The monoisotopic (exact) mass is 330 g/mol. The van der Waals surface area contributed by atoms with Gasteiger partial charge in [0.25, 0.3) is 0 Å². The number of carbonyl (C=O) groups excluding carboxylic acids is 1. The summed E-state index contributed by atoms with van der Waals surface area (Å²) in [6, 6.07) is 5.44. The van der Waals surface area contributed by atoms with Gasteiger partial charge in [0.05, 0.1) is 6.20 Å². The molecule has 0 fully saturated rings. The lowest BCUT2D eigenvalue weighted by Crippen LogP contribution is -3.00. The maximum Gasteiger partial charge on any atom is 0.227 e. The molecule has 94 valence electrons. The summed E-state index contributed by atoms with van der Waals surface area (Å²) < 4.78 is 14.3. The molecule has 2 aromatic rings. The maximum atomic E-state index is 12.7. The Bertz CT molecular complexity index is 548. The SMILES string of the molecule is O=C(C[n+]1ccnc(Cl)c1)c1ccc(F)cc1.[Br-]. The maximum absolute atomic E-state index is 12.7. The van der Waals surface area contributed by atoms with Crippen molar-refractivity contribution in [1.82, 2.24) is 4.98 Å². The predicted molar refractivity (Wildman–Crippen MR) is 60.2 cm³/mol. The van der Waals surface area contributed by atoms with Crippen LogP contribution in [0.4, 0.5) is 4.39 Å². The average Bonchev–Trinajstić information content (AvgIpc) is 2.29. The molecule has 0 saturated carbocycles. The topological polar surface area (TPSA) is 33.8 Å². The Kier molecular flexibility index (Phi) is 5.37. The third-order valence-corrected chi connectivity index (χ3v) is 2.42. The number of nitrogens with zero attached hydrogens (tertiary/aromatic N) is 2. The number of hydrogen-bond acceptors (Lipinski definition) is 2.